The number of carbonyl (C=O) groups excluding carboxylic acids is 2. The number of thiophene rings is 1. The maximum atomic E-state index is 12.5. The molecule has 1 aromatic heterocycles. The lowest BCUT2D eigenvalue weighted by atomic mass is 10.2. The van der Waals surface area contributed by atoms with Gasteiger partial charge < -0.3 is 19.6 Å². The maximum Gasteiger partial charge on any atom is 0.412 e. The standard InChI is InChI=1S/C16H25N3O5S/c1-10-9-11(17-14(21)24-16(2,3)4)25-12(10)13(20)18(5)7-8-19(6)15(22)23/h9H,7-8H2,1-6H3,(H,17,21)(H,22,23). The molecule has 140 valence electrons. The molecule has 0 saturated carbocycles. The van der Waals surface area contributed by atoms with E-state index in [4.69, 9.17) is 9.84 Å². The van der Waals surface area contributed by atoms with Crippen LogP contribution in [0, 0.1) is 6.92 Å². The molecule has 0 aliphatic rings. The number of rotatable bonds is 5. The number of anilines is 1. The highest BCUT2D eigenvalue weighted by molar-refractivity contribution is 7.18. The summed E-state index contributed by atoms with van der Waals surface area (Å²) in [6.45, 7) is 7.57. The Kier molecular flexibility index (Phi) is 6.80. The van der Waals surface area contributed by atoms with Gasteiger partial charge in [0.15, 0.2) is 0 Å². The van der Waals surface area contributed by atoms with Crippen molar-refractivity contribution >= 4 is 34.4 Å². The third-order valence-electron chi connectivity index (χ3n) is 3.18. The lowest BCUT2D eigenvalue weighted by molar-refractivity contribution is 0.0636. The van der Waals surface area contributed by atoms with Crippen LogP contribution in [-0.2, 0) is 4.74 Å². The Hall–Kier alpha value is -2.29. The molecular formula is C16H25N3O5S. The van der Waals surface area contributed by atoms with Crippen molar-refractivity contribution in [3.63, 3.8) is 0 Å². The molecule has 0 radical (unpaired) electrons. The fourth-order valence-electron chi connectivity index (χ4n) is 1.83. The van der Waals surface area contributed by atoms with Gasteiger partial charge in [-0.1, -0.05) is 0 Å². The molecule has 8 nitrogen and oxygen atoms in total. The summed E-state index contributed by atoms with van der Waals surface area (Å²) in [5.41, 5.74) is 0.130. The van der Waals surface area contributed by atoms with Gasteiger partial charge in [0.1, 0.15) is 5.60 Å². The summed E-state index contributed by atoms with van der Waals surface area (Å²) >= 11 is 1.16. The molecule has 0 spiro atoms. The molecular weight excluding hydrogens is 346 g/mol. The summed E-state index contributed by atoms with van der Waals surface area (Å²) in [4.78, 5) is 38.2. The Morgan fingerprint density at radius 2 is 1.76 bits per heavy atom. The summed E-state index contributed by atoms with van der Waals surface area (Å²) in [6.07, 6.45) is -1.62. The summed E-state index contributed by atoms with van der Waals surface area (Å²) < 4.78 is 5.19. The Bertz CT molecular complexity index is 651. The molecule has 2 N–H and O–H groups in total. The number of likely N-dealkylation sites (N-methyl/N-ethyl adjacent to an activating group) is 2. The van der Waals surface area contributed by atoms with E-state index in [1.54, 1.807) is 40.8 Å². The van der Waals surface area contributed by atoms with E-state index in [1.807, 2.05) is 0 Å². The summed E-state index contributed by atoms with van der Waals surface area (Å²) in [5, 5.41) is 12.0. The van der Waals surface area contributed by atoms with Gasteiger partial charge in [0, 0.05) is 27.2 Å². The van der Waals surface area contributed by atoms with Gasteiger partial charge >= 0.3 is 12.2 Å². The van der Waals surface area contributed by atoms with Crippen molar-refractivity contribution in [1.29, 1.82) is 0 Å². The van der Waals surface area contributed by atoms with E-state index >= 15 is 0 Å². The highest BCUT2D eigenvalue weighted by atomic mass is 32.1. The number of ether oxygens (including phenoxy) is 1. The Morgan fingerprint density at radius 3 is 2.28 bits per heavy atom. The van der Waals surface area contributed by atoms with Crippen LogP contribution < -0.4 is 5.32 Å². The number of aryl methyl sites for hydroxylation is 1. The highest BCUT2D eigenvalue weighted by Gasteiger charge is 2.21. The van der Waals surface area contributed by atoms with E-state index in [0.29, 0.717) is 9.88 Å². The Labute approximate surface area is 151 Å². The molecule has 0 aromatic carbocycles. The van der Waals surface area contributed by atoms with Crippen molar-refractivity contribution in [2.24, 2.45) is 0 Å². The zero-order valence-electron chi connectivity index (χ0n) is 15.4. The van der Waals surface area contributed by atoms with Crippen molar-refractivity contribution in [3.8, 4) is 0 Å². The summed E-state index contributed by atoms with van der Waals surface area (Å²) in [5.74, 6) is -0.224. The number of nitrogens with one attached hydrogen (secondary N) is 1. The predicted molar refractivity (Wildman–Crippen MR) is 96.5 cm³/mol. The average Bonchev–Trinajstić information content (AvgIpc) is 2.81. The second-order valence-electron chi connectivity index (χ2n) is 6.68. The number of hydrogen-bond acceptors (Lipinski definition) is 5. The molecule has 0 unspecified atom stereocenters. The molecule has 1 rings (SSSR count). The number of amides is 3. The van der Waals surface area contributed by atoms with Gasteiger partial charge in [-0.25, -0.2) is 9.59 Å². The molecule has 3 amide bonds. The first-order valence-electron chi connectivity index (χ1n) is 7.70. The van der Waals surface area contributed by atoms with Crippen molar-refractivity contribution in [2.75, 3.05) is 32.5 Å². The zero-order valence-corrected chi connectivity index (χ0v) is 16.2. The third kappa shape index (κ3) is 6.61. The molecule has 0 atom stereocenters. The van der Waals surface area contributed by atoms with E-state index in [2.05, 4.69) is 5.32 Å². The second-order valence-corrected chi connectivity index (χ2v) is 7.73. The second kappa shape index (κ2) is 8.19. The van der Waals surface area contributed by atoms with Crippen molar-refractivity contribution in [1.82, 2.24) is 9.80 Å². The molecule has 0 saturated heterocycles. The van der Waals surface area contributed by atoms with Gasteiger partial charge in [0.25, 0.3) is 5.91 Å². The van der Waals surface area contributed by atoms with Crippen LogP contribution in [-0.4, -0.2) is 65.8 Å². The lowest BCUT2D eigenvalue weighted by Gasteiger charge is -2.20. The van der Waals surface area contributed by atoms with Gasteiger partial charge in [-0.05, 0) is 39.3 Å². The van der Waals surface area contributed by atoms with Crippen LogP contribution in [0.5, 0.6) is 0 Å². The van der Waals surface area contributed by atoms with Crippen molar-refractivity contribution in [3.05, 3.63) is 16.5 Å². The minimum absolute atomic E-state index is 0.213. The Morgan fingerprint density at radius 1 is 1.20 bits per heavy atom. The summed E-state index contributed by atoms with van der Waals surface area (Å²) in [6, 6.07) is 1.71. The van der Waals surface area contributed by atoms with Crippen molar-refractivity contribution in [2.45, 2.75) is 33.3 Å². The van der Waals surface area contributed by atoms with E-state index in [-0.39, 0.29) is 19.0 Å². The molecule has 9 heteroatoms. The molecule has 1 aromatic rings. The topological polar surface area (TPSA) is 99.2 Å². The van der Waals surface area contributed by atoms with E-state index in [1.165, 1.54) is 11.9 Å². The van der Waals surface area contributed by atoms with Gasteiger partial charge in [-0.2, -0.15) is 0 Å². The minimum Gasteiger partial charge on any atom is -0.465 e. The fraction of sp³-hybridized carbons (Fsp3) is 0.562. The first-order valence-corrected chi connectivity index (χ1v) is 8.52. The van der Waals surface area contributed by atoms with Gasteiger partial charge in [-0.15, -0.1) is 11.3 Å². The van der Waals surface area contributed by atoms with Crippen LogP contribution in [0.2, 0.25) is 0 Å². The van der Waals surface area contributed by atoms with Gasteiger partial charge in [-0.3, -0.25) is 10.1 Å². The maximum absolute atomic E-state index is 12.5. The smallest absolute Gasteiger partial charge is 0.412 e. The van der Waals surface area contributed by atoms with Crippen LogP contribution in [0.25, 0.3) is 0 Å². The van der Waals surface area contributed by atoms with Gasteiger partial charge in [0.2, 0.25) is 0 Å². The first kappa shape index (κ1) is 20.8. The van der Waals surface area contributed by atoms with Crippen LogP contribution in [0.15, 0.2) is 6.07 Å². The third-order valence-corrected chi connectivity index (χ3v) is 4.32. The highest BCUT2D eigenvalue weighted by Crippen LogP contribution is 2.28. The monoisotopic (exact) mass is 371 g/mol. The molecule has 1 heterocycles. The Balaban J connectivity index is 2.73. The molecule has 0 aliphatic carbocycles. The normalized spacial score (nSPS) is 11.0. The average molecular weight is 371 g/mol. The van der Waals surface area contributed by atoms with Crippen LogP contribution in [0.3, 0.4) is 0 Å². The largest absolute Gasteiger partial charge is 0.465 e. The quantitative estimate of drug-likeness (QED) is 0.829. The SMILES string of the molecule is Cc1cc(NC(=O)OC(C)(C)C)sc1C(=O)N(C)CCN(C)C(=O)O. The van der Waals surface area contributed by atoms with E-state index in [0.717, 1.165) is 21.8 Å². The summed E-state index contributed by atoms with van der Waals surface area (Å²) in [7, 11) is 3.05. The van der Waals surface area contributed by atoms with Gasteiger partial charge in [0.05, 0.1) is 9.88 Å². The molecule has 0 fully saturated rings. The molecule has 0 bridgehead atoms. The van der Waals surface area contributed by atoms with Crippen LogP contribution >= 0.6 is 11.3 Å². The van der Waals surface area contributed by atoms with E-state index in [9.17, 15) is 14.4 Å². The first-order chi connectivity index (χ1) is 11.4. The van der Waals surface area contributed by atoms with Crippen molar-refractivity contribution < 1.29 is 24.2 Å². The van der Waals surface area contributed by atoms with E-state index < -0.39 is 17.8 Å². The fourth-order valence-corrected chi connectivity index (χ4v) is 2.88. The zero-order chi connectivity index (χ0) is 19.4. The van der Waals surface area contributed by atoms with Crippen LogP contribution in [0.4, 0.5) is 14.6 Å². The number of carboxylic acid groups (broad SMARTS) is 1. The number of hydrogen-bond donors (Lipinski definition) is 2. The molecule has 25 heavy (non-hydrogen) atoms. The molecule has 0 aliphatic heterocycles. The minimum atomic E-state index is -1.04. The predicted octanol–water partition coefficient (Wildman–Crippen LogP) is 3.09. The van der Waals surface area contributed by atoms with Crippen LogP contribution in [0.1, 0.15) is 36.0 Å². The lowest BCUT2D eigenvalue weighted by Crippen LogP contribution is -2.36. The number of carbonyl (C=O) groups is 3. The number of nitrogens with zero attached hydrogens (tertiary/aromatic N) is 2.